The first-order chi connectivity index (χ1) is 16.1. The van der Waals surface area contributed by atoms with E-state index in [1.807, 2.05) is 0 Å². The number of fused-ring (bicyclic) bond motifs is 1. The molecule has 2 N–H and O–H groups in total. The fourth-order valence-electron chi connectivity index (χ4n) is 5.03. The van der Waals surface area contributed by atoms with Crippen LogP contribution in [0.2, 0.25) is 0 Å². The first-order valence-corrected chi connectivity index (χ1v) is 11.7. The van der Waals surface area contributed by atoms with Crippen LogP contribution in [0.4, 0.5) is 5.69 Å². The Morgan fingerprint density at radius 3 is 2.48 bits per heavy atom. The highest BCUT2D eigenvalue weighted by atomic mass is 16.5. The molecule has 7 nitrogen and oxygen atoms in total. The van der Waals surface area contributed by atoms with Gasteiger partial charge in [-0.05, 0) is 81.1 Å². The molecule has 176 valence electrons. The van der Waals surface area contributed by atoms with E-state index in [1.165, 1.54) is 52.3 Å². The number of carbonyl (C=O) groups excluding carboxylic acids is 2. The van der Waals surface area contributed by atoms with E-state index in [-0.39, 0.29) is 11.8 Å². The van der Waals surface area contributed by atoms with Crippen molar-refractivity contribution < 1.29 is 19.1 Å². The van der Waals surface area contributed by atoms with E-state index in [2.05, 4.69) is 15.5 Å². The average molecular weight is 452 g/mol. The van der Waals surface area contributed by atoms with E-state index in [1.54, 1.807) is 49.6 Å². The number of rotatable bonds is 7. The highest BCUT2D eigenvalue weighted by Crippen LogP contribution is 2.30. The molecule has 0 aliphatic carbocycles. The van der Waals surface area contributed by atoms with Gasteiger partial charge in [-0.25, -0.2) is 0 Å². The van der Waals surface area contributed by atoms with Crippen LogP contribution in [-0.4, -0.2) is 56.6 Å². The van der Waals surface area contributed by atoms with Crippen LogP contribution < -0.4 is 20.1 Å². The number of anilines is 1. The predicted molar refractivity (Wildman–Crippen MR) is 128 cm³/mol. The molecule has 0 aromatic heterocycles. The lowest BCUT2D eigenvalue weighted by molar-refractivity contribution is 0.0575. The highest BCUT2D eigenvalue weighted by molar-refractivity contribution is 6.06. The molecule has 2 aromatic rings. The number of hydrogen-bond donors (Lipinski definition) is 2. The molecule has 2 aliphatic heterocycles. The zero-order valence-corrected chi connectivity index (χ0v) is 19.4. The summed E-state index contributed by atoms with van der Waals surface area (Å²) in [6.45, 7) is 3.12. The zero-order valence-electron chi connectivity index (χ0n) is 19.4. The van der Waals surface area contributed by atoms with Crippen LogP contribution in [0.1, 0.15) is 52.8 Å². The Kier molecular flexibility index (Phi) is 7.50. The summed E-state index contributed by atoms with van der Waals surface area (Å²) in [5.41, 5.74) is 1.61. The van der Waals surface area contributed by atoms with Gasteiger partial charge >= 0.3 is 0 Å². The molecule has 0 spiro atoms. The maximum Gasteiger partial charge on any atom is 0.259 e. The van der Waals surface area contributed by atoms with Gasteiger partial charge < -0.3 is 25.0 Å². The Bertz CT molecular complexity index is 974. The standard InChI is InChI=1S/C26H33N3O4/c1-32-21-12-13-22(24(16-21)33-2)26(31)28-20-10-8-18(9-11-20)25(30)27-17-19-6-5-15-29-14-4-3-7-23(19)29/h8-13,16,19,23H,3-7,14-15,17H2,1-2H3,(H,27,30)(H,28,31)/t19-,23-/m1/s1. The van der Waals surface area contributed by atoms with Crippen molar-refractivity contribution in [3.8, 4) is 11.5 Å². The van der Waals surface area contributed by atoms with Gasteiger partial charge in [0, 0.05) is 29.9 Å². The number of carbonyl (C=O) groups is 2. The smallest absolute Gasteiger partial charge is 0.259 e. The van der Waals surface area contributed by atoms with Crippen LogP contribution in [0.15, 0.2) is 42.5 Å². The number of hydrogen-bond acceptors (Lipinski definition) is 5. The van der Waals surface area contributed by atoms with Gasteiger partial charge in [-0.3, -0.25) is 9.59 Å². The number of benzene rings is 2. The molecule has 7 heteroatoms. The van der Waals surface area contributed by atoms with Gasteiger partial charge in [0.15, 0.2) is 0 Å². The second-order valence-corrected chi connectivity index (χ2v) is 8.81. The topological polar surface area (TPSA) is 79.9 Å². The van der Waals surface area contributed by atoms with Crippen molar-refractivity contribution in [2.45, 2.75) is 38.1 Å². The second-order valence-electron chi connectivity index (χ2n) is 8.81. The van der Waals surface area contributed by atoms with Crippen LogP contribution in [0.3, 0.4) is 0 Å². The fraction of sp³-hybridized carbons (Fsp3) is 0.462. The molecule has 2 saturated heterocycles. The van der Waals surface area contributed by atoms with E-state index < -0.39 is 0 Å². The quantitative estimate of drug-likeness (QED) is 0.666. The molecule has 2 aromatic carbocycles. The number of methoxy groups -OCH3 is 2. The van der Waals surface area contributed by atoms with Crippen molar-refractivity contribution in [3.63, 3.8) is 0 Å². The van der Waals surface area contributed by atoms with Crippen LogP contribution in [-0.2, 0) is 0 Å². The normalized spacial score (nSPS) is 20.4. The van der Waals surface area contributed by atoms with E-state index >= 15 is 0 Å². The SMILES string of the molecule is COc1ccc(C(=O)Nc2ccc(C(=O)NC[C@H]3CCCN4CCCC[C@H]34)cc2)c(OC)c1. The summed E-state index contributed by atoms with van der Waals surface area (Å²) in [7, 11) is 3.07. The lowest BCUT2D eigenvalue weighted by Gasteiger charge is -2.44. The van der Waals surface area contributed by atoms with Crippen molar-refractivity contribution in [2.24, 2.45) is 5.92 Å². The average Bonchev–Trinajstić information content (AvgIpc) is 2.87. The summed E-state index contributed by atoms with van der Waals surface area (Å²) in [4.78, 5) is 28.0. The Balaban J connectivity index is 1.33. The van der Waals surface area contributed by atoms with Crippen LogP contribution in [0.5, 0.6) is 11.5 Å². The molecule has 0 saturated carbocycles. The Morgan fingerprint density at radius 1 is 0.939 bits per heavy atom. The summed E-state index contributed by atoms with van der Waals surface area (Å²) in [6.07, 6.45) is 6.23. The molecule has 2 aliphatic rings. The molecule has 2 amide bonds. The third-order valence-electron chi connectivity index (χ3n) is 6.81. The Labute approximate surface area is 195 Å². The Hall–Kier alpha value is -3.06. The molecule has 2 fully saturated rings. The predicted octanol–water partition coefficient (Wildman–Crippen LogP) is 3.95. The van der Waals surface area contributed by atoms with Gasteiger partial charge in [-0.15, -0.1) is 0 Å². The molecule has 33 heavy (non-hydrogen) atoms. The van der Waals surface area contributed by atoms with Crippen molar-refractivity contribution in [2.75, 3.05) is 39.2 Å². The van der Waals surface area contributed by atoms with Crippen LogP contribution in [0, 0.1) is 5.92 Å². The monoisotopic (exact) mass is 451 g/mol. The minimum atomic E-state index is -0.291. The van der Waals surface area contributed by atoms with Crippen molar-refractivity contribution in [1.82, 2.24) is 10.2 Å². The zero-order chi connectivity index (χ0) is 23.2. The van der Waals surface area contributed by atoms with Gasteiger partial charge in [0.05, 0.1) is 19.8 Å². The van der Waals surface area contributed by atoms with Crippen LogP contribution >= 0.6 is 0 Å². The minimum Gasteiger partial charge on any atom is -0.497 e. The van der Waals surface area contributed by atoms with E-state index in [0.29, 0.717) is 40.3 Å². The van der Waals surface area contributed by atoms with Gasteiger partial charge in [-0.2, -0.15) is 0 Å². The molecule has 4 rings (SSSR count). The van der Waals surface area contributed by atoms with Crippen LogP contribution in [0.25, 0.3) is 0 Å². The van der Waals surface area contributed by atoms with E-state index in [4.69, 9.17) is 9.47 Å². The maximum absolute atomic E-state index is 12.7. The largest absolute Gasteiger partial charge is 0.497 e. The highest BCUT2D eigenvalue weighted by Gasteiger charge is 2.32. The van der Waals surface area contributed by atoms with Crippen molar-refractivity contribution in [3.05, 3.63) is 53.6 Å². The third kappa shape index (κ3) is 5.47. The number of nitrogens with one attached hydrogen (secondary N) is 2. The number of piperidine rings is 2. The first kappa shape index (κ1) is 23.1. The molecule has 0 bridgehead atoms. The molecular weight excluding hydrogens is 418 g/mol. The summed E-state index contributed by atoms with van der Waals surface area (Å²) in [5, 5.41) is 5.99. The van der Waals surface area contributed by atoms with E-state index in [0.717, 1.165) is 6.54 Å². The molecule has 2 heterocycles. The molecule has 0 unspecified atom stereocenters. The number of nitrogens with zero attached hydrogens (tertiary/aromatic N) is 1. The fourth-order valence-corrected chi connectivity index (χ4v) is 5.03. The lowest BCUT2D eigenvalue weighted by atomic mass is 9.83. The molecular formula is C26H33N3O4. The molecule has 0 radical (unpaired) electrons. The maximum atomic E-state index is 12.7. The van der Waals surface area contributed by atoms with Gasteiger partial charge in [-0.1, -0.05) is 6.42 Å². The van der Waals surface area contributed by atoms with Crippen molar-refractivity contribution in [1.29, 1.82) is 0 Å². The second kappa shape index (κ2) is 10.7. The lowest BCUT2D eigenvalue weighted by Crippen LogP contribution is -2.51. The summed E-state index contributed by atoms with van der Waals surface area (Å²) < 4.78 is 10.5. The first-order valence-electron chi connectivity index (χ1n) is 11.7. The van der Waals surface area contributed by atoms with E-state index in [9.17, 15) is 9.59 Å². The third-order valence-corrected chi connectivity index (χ3v) is 6.81. The van der Waals surface area contributed by atoms with Crippen molar-refractivity contribution >= 4 is 17.5 Å². The summed E-state index contributed by atoms with van der Waals surface area (Å²) in [5.74, 6) is 1.21. The molecule has 2 atom stereocenters. The Morgan fingerprint density at radius 2 is 1.73 bits per heavy atom. The number of amides is 2. The van der Waals surface area contributed by atoms with Gasteiger partial charge in [0.25, 0.3) is 11.8 Å². The summed E-state index contributed by atoms with van der Waals surface area (Å²) >= 11 is 0. The minimum absolute atomic E-state index is 0.0716. The van der Waals surface area contributed by atoms with Gasteiger partial charge in [0.1, 0.15) is 11.5 Å². The summed E-state index contributed by atoms with van der Waals surface area (Å²) in [6, 6.07) is 12.6. The van der Waals surface area contributed by atoms with Gasteiger partial charge in [0.2, 0.25) is 0 Å². The number of ether oxygens (including phenoxy) is 2.